The van der Waals surface area contributed by atoms with Crippen LogP contribution in [-0.4, -0.2) is 75.8 Å². The molecule has 9 nitrogen and oxygen atoms in total. The molecule has 1 atom stereocenters. The Morgan fingerprint density at radius 1 is 1.04 bits per heavy atom. The average Bonchev–Trinajstić information content (AvgIpc) is 3.49. The highest BCUT2D eigenvalue weighted by atomic mass is 19.4. The summed E-state index contributed by atoms with van der Waals surface area (Å²) in [5.41, 5.74) is 5.26. The third kappa shape index (κ3) is 11.1. The standard InChI is InChI=1S/C35H41F3N6O3/c1-6-19-43(5)23-31-39-21-30(41-31)28-17-13-26(14-18-28)10-9-25-11-15-27(16-12-25)29(8-3)40-24(4)22-44(20-7-2)33(45)32(35(36,37)38)42-34(46)47/h8,11-18,21,32,40,42H,4,6-7,19-20,22-23H2,1-3,5H3,(H,39,41)(H,46,47)/b29-8-. The number of allylic oxidation sites excluding steroid dienone is 1. The van der Waals surface area contributed by atoms with E-state index in [0.717, 1.165) is 58.2 Å². The third-order valence-corrected chi connectivity index (χ3v) is 7.03. The largest absolute Gasteiger partial charge is 0.465 e. The maximum absolute atomic E-state index is 13.4. The van der Waals surface area contributed by atoms with Gasteiger partial charge in [0, 0.05) is 29.1 Å². The van der Waals surface area contributed by atoms with Gasteiger partial charge in [0.15, 0.2) is 0 Å². The highest BCUT2D eigenvalue weighted by Crippen LogP contribution is 2.23. The second-order valence-electron chi connectivity index (χ2n) is 11.0. The van der Waals surface area contributed by atoms with Crippen LogP contribution in [0.15, 0.2) is 73.1 Å². The highest BCUT2D eigenvalue weighted by molar-refractivity contribution is 5.86. The number of carbonyl (C=O) groups is 2. The van der Waals surface area contributed by atoms with E-state index in [4.69, 9.17) is 5.11 Å². The van der Waals surface area contributed by atoms with Crippen LogP contribution in [0.25, 0.3) is 17.0 Å². The van der Waals surface area contributed by atoms with Crippen molar-refractivity contribution in [3.8, 4) is 23.1 Å². The second kappa shape index (κ2) is 17.1. The number of rotatable bonds is 14. The van der Waals surface area contributed by atoms with Gasteiger partial charge in [-0.05, 0) is 68.8 Å². The molecular formula is C35H41F3N6O3. The minimum absolute atomic E-state index is 0.0181. The number of nitrogens with zero attached hydrogens (tertiary/aromatic N) is 3. The van der Waals surface area contributed by atoms with Crippen LogP contribution >= 0.6 is 0 Å². The predicted molar refractivity (Wildman–Crippen MR) is 177 cm³/mol. The molecule has 0 aliphatic carbocycles. The lowest BCUT2D eigenvalue weighted by molar-refractivity contribution is -0.174. The van der Waals surface area contributed by atoms with Gasteiger partial charge in [-0.2, -0.15) is 13.2 Å². The first kappa shape index (κ1) is 36.4. The molecule has 3 aromatic rings. The van der Waals surface area contributed by atoms with Crippen molar-refractivity contribution in [3.63, 3.8) is 0 Å². The number of H-pyrrole nitrogens is 1. The number of benzene rings is 2. The van der Waals surface area contributed by atoms with Crippen molar-refractivity contribution in [2.24, 2.45) is 0 Å². The summed E-state index contributed by atoms with van der Waals surface area (Å²) in [5, 5.41) is 13.2. The van der Waals surface area contributed by atoms with Crippen molar-refractivity contribution in [2.45, 2.75) is 52.4 Å². The van der Waals surface area contributed by atoms with Crippen molar-refractivity contribution < 1.29 is 27.9 Å². The van der Waals surface area contributed by atoms with Gasteiger partial charge in [-0.25, -0.2) is 9.78 Å². The van der Waals surface area contributed by atoms with Crippen LogP contribution < -0.4 is 10.6 Å². The molecule has 3 rings (SSSR count). The minimum Gasteiger partial charge on any atom is -0.465 e. The van der Waals surface area contributed by atoms with Crippen LogP contribution in [0, 0.1) is 11.8 Å². The zero-order valence-electron chi connectivity index (χ0n) is 27.0. The number of amides is 2. The normalized spacial score (nSPS) is 12.2. The number of halogens is 3. The minimum atomic E-state index is -5.09. The number of nitrogens with one attached hydrogen (secondary N) is 3. The fourth-order valence-electron chi connectivity index (χ4n) is 4.81. The highest BCUT2D eigenvalue weighted by Gasteiger charge is 2.47. The Balaban J connectivity index is 1.63. The number of carbonyl (C=O) groups excluding carboxylic acids is 1. The van der Waals surface area contributed by atoms with Crippen molar-refractivity contribution in [3.05, 3.63) is 95.6 Å². The van der Waals surface area contributed by atoms with Crippen LogP contribution in [0.4, 0.5) is 18.0 Å². The molecule has 0 saturated carbocycles. The Labute approximate surface area is 273 Å². The summed E-state index contributed by atoms with van der Waals surface area (Å²) in [5.74, 6) is 5.84. The summed E-state index contributed by atoms with van der Waals surface area (Å²) in [6.45, 7) is 11.0. The van der Waals surface area contributed by atoms with E-state index in [1.807, 2.05) is 54.7 Å². The number of imidazole rings is 1. The number of carboxylic acid groups (broad SMARTS) is 1. The second-order valence-corrected chi connectivity index (χ2v) is 11.0. The van der Waals surface area contributed by atoms with Crippen molar-refractivity contribution in [1.29, 1.82) is 0 Å². The Kier molecular flexibility index (Phi) is 13.2. The molecule has 250 valence electrons. The summed E-state index contributed by atoms with van der Waals surface area (Å²) >= 11 is 0. The molecule has 0 saturated heterocycles. The Morgan fingerprint density at radius 2 is 1.64 bits per heavy atom. The van der Waals surface area contributed by atoms with Gasteiger partial charge >= 0.3 is 12.3 Å². The number of aromatic nitrogens is 2. The monoisotopic (exact) mass is 650 g/mol. The summed E-state index contributed by atoms with van der Waals surface area (Å²) in [7, 11) is 2.07. The number of aromatic amines is 1. The quantitative estimate of drug-likeness (QED) is 0.154. The first-order valence-electron chi connectivity index (χ1n) is 15.3. The summed E-state index contributed by atoms with van der Waals surface area (Å²) in [6, 6.07) is 12.4. The molecule has 1 unspecified atom stereocenters. The summed E-state index contributed by atoms with van der Waals surface area (Å²) in [6.07, 6.45) is -1.97. The predicted octanol–water partition coefficient (Wildman–Crippen LogP) is 6.22. The van der Waals surface area contributed by atoms with E-state index in [1.54, 1.807) is 19.9 Å². The smallest absolute Gasteiger partial charge is 0.417 e. The lowest BCUT2D eigenvalue weighted by Gasteiger charge is -2.29. The van der Waals surface area contributed by atoms with E-state index in [9.17, 15) is 22.8 Å². The van der Waals surface area contributed by atoms with Crippen molar-refractivity contribution in [1.82, 2.24) is 30.4 Å². The lowest BCUT2D eigenvalue weighted by Crippen LogP contribution is -2.56. The topological polar surface area (TPSA) is 114 Å². The molecular weight excluding hydrogens is 609 g/mol. The molecule has 2 amide bonds. The SMILES string of the molecule is C=C(CN(CCC)C(=O)C(NC(=O)O)C(F)(F)F)N/C(=C\C)c1ccc(C#Cc2ccc(-c3cnc(CN(C)CCC)[nH]3)cc2)cc1. The van der Waals surface area contributed by atoms with Crippen molar-refractivity contribution >= 4 is 17.7 Å². The summed E-state index contributed by atoms with van der Waals surface area (Å²) in [4.78, 5) is 34.6. The molecule has 4 N–H and O–H groups in total. The van der Waals surface area contributed by atoms with Gasteiger partial charge in [-0.1, -0.05) is 62.6 Å². The fourth-order valence-corrected chi connectivity index (χ4v) is 4.81. The molecule has 0 fully saturated rings. The zero-order chi connectivity index (χ0) is 34.6. The molecule has 2 aromatic carbocycles. The van der Waals surface area contributed by atoms with Gasteiger partial charge < -0.3 is 25.6 Å². The Morgan fingerprint density at radius 3 is 2.17 bits per heavy atom. The van der Waals surface area contributed by atoms with E-state index >= 15 is 0 Å². The average molecular weight is 651 g/mol. The molecule has 0 bridgehead atoms. The first-order chi connectivity index (χ1) is 22.3. The van der Waals surface area contributed by atoms with Gasteiger partial charge in [0.1, 0.15) is 5.82 Å². The van der Waals surface area contributed by atoms with Gasteiger partial charge in [0.25, 0.3) is 5.91 Å². The Hall–Kier alpha value is -5.02. The molecule has 0 aliphatic heterocycles. The van der Waals surface area contributed by atoms with E-state index in [1.165, 1.54) is 5.32 Å². The first-order valence-corrected chi connectivity index (χ1v) is 15.3. The van der Waals surface area contributed by atoms with Crippen LogP contribution in [0.2, 0.25) is 0 Å². The fraction of sp³-hybridized carbons (Fsp3) is 0.343. The van der Waals surface area contributed by atoms with Gasteiger partial charge in [0.2, 0.25) is 6.04 Å². The van der Waals surface area contributed by atoms with Crippen LogP contribution in [0.5, 0.6) is 0 Å². The molecule has 1 heterocycles. The maximum atomic E-state index is 13.4. The van der Waals surface area contributed by atoms with Gasteiger partial charge in [-0.15, -0.1) is 0 Å². The number of hydrogen-bond acceptors (Lipinski definition) is 5. The van der Waals surface area contributed by atoms with E-state index in [-0.39, 0.29) is 18.8 Å². The Bertz CT molecular complexity index is 1600. The molecule has 1 aromatic heterocycles. The molecule has 0 radical (unpaired) electrons. The van der Waals surface area contributed by atoms with Crippen molar-refractivity contribution in [2.75, 3.05) is 26.7 Å². The van der Waals surface area contributed by atoms with Crippen LogP contribution in [0.1, 0.15) is 56.1 Å². The molecule has 12 heteroatoms. The van der Waals surface area contributed by atoms with Crippen LogP contribution in [-0.2, 0) is 11.3 Å². The van der Waals surface area contributed by atoms with E-state index < -0.39 is 24.2 Å². The van der Waals surface area contributed by atoms with Gasteiger partial charge in [0.05, 0.1) is 25.0 Å². The van der Waals surface area contributed by atoms with E-state index in [2.05, 4.69) is 52.6 Å². The maximum Gasteiger partial charge on any atom is 0.417 e. The van der Waals surface area contributed by atoms with Gasteiger partial charge in [-0.3, -0.25) is 9.69 Å². The lowest BCUT2D eigenvalue weighted by atomic mass is 10.1. The zero-order valence-corrected chi connectivity index (χ0v) is 27.0. The third-order valence-electron chi connectivity index (χ3n) is 7.03. The number of hydrogen-bond donors (Lipinski definition) is 4. The summed E-state index contributed by atoms with van der Waals surface area (Å²) < 4.78 is 40.3. The molecule has 47 heavy (non-hydrogen) atoms. The van der Waals surface area contributed by atoms with Crippen LogP contribution in [0.3, 0.4) is 0 Å². The van der Waals surface area contributed by atoms with E-state index in [0.29, 0.717) is 12.1 Å². The number of alkyl halides is 3. The molecule has 0 aliphatic rings. The molecule has 0 spiro atoms.